The quantitative estimate of drug-likeness (QED) is 0.208. The number of esters is 1. The molecule has 0 aliphatic carbocycles. The standard InChI is InChI=1S/C26H29BrN2O5/c1-6-11-29-25(31)18(15-28)12-17-7-9-22(23(13-17)32-5)34-24(30)16-33-21-10-8-19(27)14-20(21)26(2,3)4/h7-10,12-14H,6,11,16H2,1-5H3,(H,29,31)/b18-12+. The van der Waals surface area contributed by atoms with Crippen molar-refractivity contribution in [3.63, 3.8) is 0 Å². The van der Waals surface area contributed by atoms with Crippen molar-refractivity contribution >= 4 is 33.9 Å². The first-order valence-corrected chi connectivity index (χ1v) is 11.6. The van der Waals surface area contributed by atoms with Crippen LogP contribution in [0, 0.1) is 11.3 Å². The minimum atomic E-state index is -0.596. The first-order valence-electron chi connectivity index (χ1n) is 10.8. The molecule has 0 spiro atoms. The first-order chi connectivity index (χ1) is 16.1. The SMILES string of the molecule is CCCNC(=O)/C(C#N)=C/c1ccc(OC(=O)COc2ccc(Br)cc2C(C)(C)C)c(OC)c1. The Morgan fingerprint density at radius 2 is 1.82 bits per heavy atom. The highest BCUT2D eigenvalue weighted by molar-refractivity contribution is 9.10. The van der Waals surface area contributed by atoms with Gasteiger partial charge in [-0.3, -0.25) is 4.79 Å². The molecule has 0 fully saturated rings. The molecule has 0 aliphatic heterocycles. The lowest BCUT2D eigenvalue weighted by Crippen LogP contribution is -2.25. The summed E-state index contributed by atoms with van der Waals surface area (Å²) in [5.41, 5.74) is 1.31. The molecule has 0 saturated heterocycles. The van der Waals surface area contributed by atoms with Gasteiger partial charge in [0.05, 0.1) is 7.11 Å². The Kier molecular flexibility index (Phi) is 9.69. The van der Waals surface area contributed by atoms with Crippen LogP contribution in [0.4, 0.5) is 0 Å². The monoisotopic (exact) mass is 528 g/mol. The van der Waals surface area contributed by atoms with Crippen LogP contribution in [0.5, 0.6) is 17.2 Å². The molecule has 2 rings (SSSR count). The molecule has 34 heavy (non-hydrogen) atoms. The third kappa shape index (κ3) is 7.63. The molecule has 2 aromatic rings. The van der Waals surface area contributed by atoms with Gasteiger partial charge in [0.2, 0.25) is 0 Å². The van der Waals surface area contributed by atoms with E-state index >= 15 is 0 Å². The molecule has 0 aromatic heterocycles. The van der Waals surface area contributed by atoms with E-state index < -0.39 is 11.9 Å². The molecule has 8 heteroatoms. The van der Waals surface area contributed by atoms with E-state index in [1.807, 2.05) is 31.2 Å². The van der Waals surface area contributed by atoms with Gasteiger partial charge in [-0.05, 0) is 53.8 Å². The van der Waals surface area contributed by atoms with E-state index in [9.17, 15) is 14.9 Å². The third-order valence-corrected chi connectivity index (χ3v) is 5.21. The number of hydrogen-bond donors (Lipinski definition) is 1. The van der Waals surface area contributed by atoms with E-state index in [4.69, 9.17) is 14.2 Å². The zero-order valence-corrected chi connectivity index (χ0v) is 21.6. The van der Waals surface area contributed by atoms with Crippen LogP contribution in [0.3, 0.4) is 0 Å². The summed E-state index contributed by atoms with van der Waals surface area (Å²) in [6.45, 7) is 8.31. The van der Waals surface area contributed by atoms with Crippen molar-refractivity contribution in [1.82, 2.24) is 5.32 Å². The van der Waals surface area contributed by atoms with Gasteiger partial charge in [0, 0.05) is 16.6 Å². The van der Waals surface area contributed by atoms with Crippen LogP contribution in [0.25, 0.3) is 6.08 Å². The van der Waals surface area contributed by atoms with Crippen LogP contribution >= 0.6 is 15.9 Å². The van der Waals surface area contributed by atoms with Crippen molar-refractivity contribution in [2.75, 3.05) is 20.3 Å². The molecular weight excluding hydrogens is 500 g/mol. The maximum absolute atomic E-state index is 12.5. The van der Waals surface area contributed by atoms with Crippen molar-refractivity contribution in [2.45, 2.75) is 39.5 Å². The largest absolute Gasteiger partial charge is 0.493 e. The second kappa shape index (κ2) is 12.2. The summed E-state index contributed by atoms with van der Waals surface area (Å²) in [5, 5.41) is 12.0. The average Bonchev–Trinajstić information content (AvgIpc) is 2.80. The maximum Gasteiger partial charge on any atom is 0.349 e. The molecule has 0 unspecified atom stereocenters. The van der Waals surface area contributed by atoms with Gasteiger partial charge < -0.3 is 19.5 Å². The second-order valence-electron chi connectivity index (χ2n) is 8.49. The van der Waals surface area contributed by atoms with Gasteiger partial charge in [0.15, 0.2) is 18.1 Å². The van der Waals surface area contributed by atoms with E-state index in [2.05, 4.69) is 42.0 Å². The fraction of sp³-hybridized carbons (Fsp3) is 0.346. The van der Waals surface area contributed by atoms with Gasteiger partial charge in [-0.15, -0.1) is 0 Å². The predicted molar refractivity (Wildman–Crippen MR) is 134 cm³/mol. The summed E-state index contributed by atoms with van der Waals surface area (Å²) < 4.78 is 17.4. The minimum Gasteiger partial charge on any atom is -0.493 e. The van der Waals surface area contributed by atoms with Crippen molar-refractivity contribution < 1.29 is 23.8 Å². The van der Waals surface area contributed by atoms with Crippen LogP contribution < -0.4 is 19.5 Å². The second-order valence-corrected chi connectivity index (χ2v) is 9.40. The number of carbonyl (C=O) groups is 2. The Morgan fingerprint density at radius 1 is 1.12 bits per heavy atom. The number of halogens is 1. The average molecular weight is 529 g/mol. The smallest absolute Gasteiger partial charge is 0.349 e. The highest BCUT2D eigenvalue weighted by Crippen LogP contribution is 2.34. The number of rotatable bonds is 9. The van der Waals surface area contributed by atoms with Gasteiger partial charge in [0.1, 0.15) is 17.4 Å². The van der Waals surface area contributed by atoms with E-state index in [0.29, 0.717) is 17.9 Å². The molecule has 7 nitrogen and oxygen atoms in total. The molecule has 2 aromatic carbocycles. The van der Waals surface area contributed by atoms with E-state index in [1.54, 1.807) is 18.2 Å². The highest BCUT2D eigenvalue weighted by atomic mass is 79.9. The number of amides is 1. The van der Waals surface area contributed by atoms with Crippen LogP contribution in [0.2, 0.25) is 0 Å². The first kappa shape index (κ1) is 26.9. The van der Waals surface area contributed by atoms with Crippen LogP contribution in [-0.4, -0.2) is 32.1 Å². The lowest BCUT2D eigenvalue weighted by Gasteiger charge is -2.23. The summed E-state index contributed by atoms with van der Waals surface area (Å²) in [6.07, 6.45) is 2.21. The predicted octanol–water partition coefficient (Wildman–Crippen LogP) is 5.17. The molecule has 180 valence electrons. The van der Waals surface area contributed by atoms with Crippen molar-refractivity contribution in [1.29, 1.82) is 5.26 Å². The Bertz CT molecular complexity index is 1110. The molecule has 0 heterocycles. The molecule has 0 radical (unpaired) electrons. The van der Waals surface area contributed by atoms with Gasteiger partial charge in [0.25, 0.3) is 5.91 Å². The lowest BCUT2D eigenvalue weighted by atomic mass is 9.86. The Labute approximate surface area is 208 Å². The number of ether oxygens (including phenoxy) is 3. The zero-order valence-electron chi connectivity index (χ0n) is 20.0. The summed E-state index contributed by atoms with van der Waals surface area (Å²) in [7, 11) is 1.44. The number of methoxy groups -OCH3 is 1. The summed E-state index contributed by atoms with van der Waals surface area (Å²) in [5.74, 6) is 0.0477. The van der Waals surface area contributed by atoms with Crippen LogP contribution in [0.1, 0.15) is 45.2 Å². The normalized spacial score (nSPS) is 11.4. The fourth-order valence-electron chi connectivity index (χ4n) is 3.01. The Hall–Kier alpha value is -3.31. The van der Waals surface area contributed by atoms with E-state index in [1.165, 1.54) is 13.2 Å². The van der Waals surface area contributed by atoms with E-state index in [0.717, 1.165) is 16.5 Å². The number of carbonyl (C=O) groups excluding carboxylic acids is 2. The number of benzene rings is 2. The number of hydrogen-bond acceptors (Lipinski definition) is 6. The van der Waals surface area contributed by atoms with E-state index in [-0.39, 0.29) is 29.1 Å². The number of nitrogens with one attached hydrogen (secondary N) is 1. The van der Waals surface area contributed by atoms with Gasteiger partial charge in [-0.2, -0.15) is 5.26 Å². The van der Waals surface area contributed by atoms with Crippen LogP contribution in [-0.2, 0) is 15.0 Å². The Morgan fingerprint density at radius 3 is 2.44 bits per heavy atom. The summed E-state index contributed by atoms with van der Waals surface area (Å²) in [4.78, 5) is 24.5. The fourth-order valence-corrected chi connectivity index (χ4v) is 3.37. The third-order valence-electron chi connectivity index (χ3n) is 4.72. The maximum atomic E-state index is 12.5. The molecule has 1 amide bonds. The molecule has 0 saturated carbocycles. The van der Waals surface area contributed by atoms with Gasteiger partial charge in [-0.25, -0.2) is 4.79 Å². The summed E-state index contributed by atoms with van der Waals surface area (Å²) >= 11 is 3.47. The molecular formula is C26H29BrN2O5. The Balaban J connectivity index is 2.13. The molecule has 0 atom stereocenters. The van der Waals surface area contributed by atoms with Gasteiger partial charge in [-0.1, -0.05) is 49.7 Å². The van der Waals surface area contributed by atoms with Gasteiger partial charge >= 0.3 is 5.97 Å². The number of nitrogens with zero attached hydrogens (tertiary/aromatic N) is 1. The summed E-state index contributed by atoms with van der Waals surface area (Å²) in [6, 6.07) is 12.3. The highest BCUT2D eigenvalue weighted by Gasteiger charge is 2.20. The van der Waals surface area contributed by atoms with Crippen molar-refractivity contribution in [3.05, 3.63) is 57.6 Å². The molecule has 1 N–H and O–H groups in total. The minimum absolute atomic E-state index is 0.0298. The molecule has 0 aliphatic rings. The topological polar surface area (TPSA) is 97.7 Å². The molecule has 0 bridgehead atoms. The van der Waals surface area contributed by atoms with Crippen molar-refractivity contribution in [2.24, 2.45) is 0 Å². The lowest BCUT2D eigenvalue weighted by molar-refractivity contribution is -0.136. The van der Waals surface area contributed by atoms with Crippen molar-refractivity contribution in [3.8, 4) is 23.3 Å². The van der Waals surface area contributed by atoms with Crippen LogP contribution in [0.15, 0.2) is 46.4 Å². The zero-order chi connectivity index (χ0) is 25.3. The number of nitriles is 1.